The first-order chi connectivity index (χ1) is 9.67. The number of nitrogens with one attached hydrogen (secondary N) is 1. The Labute approximate surface area is 128 Å². The van der Waals surface area contributed by atoms with Gasteiger partial charge >= 0.3 is 0 Å². The van der Waals surface area contributed by atoms with Crippen LogP contribution in [-0.4, -0.2) is 7.05 Å². The number of rotatable bonds is 3. The van der Waals surface area contributed by atoms with Crippen LogP contribution in [-0.2, 0) is 18.0 Å². The van der Waals surface area contributed by atoms with Gasteiger partial charge in [-0.05, 0) is 47.5 Å². The van der Waals surface area contributed by atoms with Crippen LogP contribution >= 0.6 is 23.2 Å². The normalized spacial score (nSPS) is 15.2. The third kappa shape index (κ3) is 2.70. The first-order valence-corrected chi connectivity index (χ1v) is 7.25. The average Bonchev–Trinajstić information content (AvgIpc) is 2.86. The minimum absolute atomic E-state index is 0.0668. The van der Waals surface area contributed by atoms with Crippen molar-refractivity contribution in [2.24, 2.45) is 0 Å². The molecule has 0 aliphatic carbocycles. The van der Waals surface area contributed by atoms with Crippen LogP contribution in [0.3, 0.4) is 0 Å². The minimum Gasteiger partial charge on any atom is -0.372 e. The maximum absolute atomic E-state index is 6.10. The molecule has 0 fully saturated rings. The first kappa shape index (κ1) is 13.9. The molecule has 0 saturated heterocycles. The van der Waals surface area contributed by atoms with Crippen LogP contribution in [0.15, 0.2) is 36.4 Å². The Balaban J connectivity index is 2.01. The highest BCUT2D eigenvalue weighted by Crippen LogP contribution is 2.30. The van der Waals surface area contributed by atoms with Crippen molar-refractivity contribution >= 4 is 23.2 Å². The SMILES string of the molecule is CNC(c1cc(Cl)cc(Cl)c1)c1ccc2c(c1)COC2. The number of ether oxygens (including phenoxy) is 1. The van der Waals surface area contributed by atoms with Crippen molar-refractivity contribution in [2.45, 2.75) is 19.3 Å². The van der Waals surface area contributed by atoms with E-state index >= 15 is 0 Å². The van der Waals surface area contributed by atoms with E-state index in [0.717, 1.165) is 5.56 Å². The van der Waals surface area contributed by atoms with E-state index in [-0.39, 0.29) is 6.04 Å². The van der Waals surface area contributed by atoms with Crippen LogP contribution in [0.25, 0.3) is 0 Å². The molecule has 2 aromatic rings. The summed E-state index contributed by atoms with van der Waals surface area (Å²) in [6, 6.07) is 12.2. The van der Waals surface area contributed by atoms with Gasteiger partial charge in [0.15, 0.2) is 0 Å². The lowest BCUT2D eigenvalue weighted by atomic mass is 9.96. The summed E-state index contributed by atoms with van der Waals surface area (Å²) in [6.07, 6.45) is 0. The molecule has 2 nitrogen and oxygen atoms in total. The third-order valence-electron chi connectivity index (χ3n) is 3.59. The van der Waals surface area contributed by atoms with Gasteiger partial charge in [0.2, 0.25) is 0 Å². The number of hydrogen-bond donors (Lipinski definition) is 1. The molecule has 1 aliphatic heterocycles. The fourth-order valence-corrected chi connectivity index (χ4v) is 3.18. The zero-order chi connectivity index (χ0) is 14.1. The molecule has 1 unspecified atom stereocenters. The van der Waals surface area contributed by atoms with E-state index in [1.54, 1.807) is 6.07 Å². The second kappa shape index (κ2) is 5.74. The molecule has 1 N–H and O–H groups in total. The van der Waals surface area contributed by atoms with Crippen LogP contribution < -0.4 is 5.32 Å². The van der Waals surface area contributed by atoms with Gasteiger partial charge in [-0.15, -0.1) is 0 Å². The second-order valence-electron chi connectivity index (χ2n) is 4.95. The van der Waals surface area contributed by atoms with Gasteiger partial charge in [-0.25, -0.2) is 0 Å². The highest BCUT2D eigenvalue weighted by molar-refractivity contribution is 6.34. The highest BCUT2D eigenvalue weighted by atomic mass is 35.5. The van der Waals surface area contributed by atoms with Gasteiger partial charge in [0.05, 0.1) is 19.3 Å². The molecule has 20 heavy (non-hydrogen) atoms. The van der Waals surface area contributed by atoms with E-state index < -0.39 is 0 Å². The van der Waals surface area contributed by atoms with Crippen LogP contribution in [0.5, 0.6) is 0 Å². The summed E-state index contributed by atoms with van der Waals surface area (Å²) in [5, 5.41) is 4.62. The Bertz CT molecular complexity index is 622. The van der Waals surface area contributed by atoms with Gasteiger partial charge in [-0.2, -0.15) is 0 Å². The standard InChI is InChI=1S/C16H15Cl2NO/c1-19-16(12-5-14(17)7-15(18)6-12)10-2-3-11-8-20-9-13(11)4-10/h2-7,16,19H,8-9H2,1H3. The van der Waals surface area contributed by atoms with Crippen molar-refractivity contribution in [3.63, 3.8) is 0 Å². The molecule has 1 atom stereocenters. The van der Waals surface area contributed by atoms with Crippen molar-refractivity contribution in [3.8, 4) is 0 Å². The molecular weight excluding hydrogens is 293 g/mol. The van der Waals surface area contributed by atoms with E-state index in [9.17, 15) is 0 Å². The minimum atomic E-state index is 0.0668. The van der Waals surface area contributed by atoms with Crippen LogP contribution in [0, 0.1) is 0 Å². The Hall–Kier alpha value is -1.06. The number of halogens is 2. The predicted octanol–water partition coefficient (Wildman–Crippen LogP) is 4.33. The van der Waals surface area contributed by atoms with Gasteiger partial charge < -0.3 is 10.1 Å². The largest absolute Gasteiger partial charge is 0.372 e. The van der Waals surface area contributed by atoms with E-state index in [4.69, 9.17) is 27.9 Å². The number of hydrogen-bond acceptors (Lipinski definition) is 2. The predicted molar refractivity (Wildman–Crippen MR) is 82.3 cm³/mol. The first-order valence-electron chi connectivity index (χ1n) is 6.50. The molecular formula is C16H15Cl2NO. The lowest BCUT2D eigenvalue weighted by Gasteiger charge is -2.18. The molecule has 4 heteroatoms. The smallest absolute Gasteiger partial charge is 0.0725 e. The fourth-order valence-electron chi connectivity index (χ4n) is 2.64. The van der Waals surface area contributed by atoms with Gasteiger partial charge in [0.25, 0.3) is 0 Å². The van der Waals surface area contributed by atoms with Gasteiger partial charge in [0.1, 0.15) is 0 Å². The van der Waals surface area contributed by atoms with E-state index in [2.05, 4.69) is 23.5 Å². The van der Waals surface area contributed by atoms with E-state index in [0.29, 0.717) is 23.3 Å². The van der Waals surface area contributed by atoms with Crippen LogP contribution in [0.1, 0.15) is 28.3 Å². The summed E-state index contributed by atoms with van der Waals surface area (Å²) in [7, 11) is 1.93. The summed E-state index contributed by atoms with van der Waals surface area (Å²) in [4.78, 5) is 0. The van der Waals surface area contributed by atoms with Gasteiger partial charge in [-0.3, -0.25) is 0 Å². The maximum atomic E-state index is 6.10. The Morgan fingerprint density at radius 2 is 1.65 bits per heavy atom. The topological polar surface area (TPSA) is 21.3 Å². The van der Waals surface area contributed by atoms with Gasteiger partial charge in [0, 0.05) is 10.0 Å². The Morgan fingerprint density at radius 3 is 2.35 bits per heavy atom. The molecule has 0 saturated carbocycles. The maximum Gasteiger partial charge on any atom is 0.0725 e. The average molecular weight is 308 g/mol. The number of fused-ring (bicyclic) bond motifs is 1. The lowest BCUT2D eigenvalue weighted by Crippen LogP contribution is -2.18. The second-order valence-corrected chi connectivity index (χ2v) is 5.82. The molecule has 0 spiro atoms. The molecule has 2 aromatic carbocycles. The summed E-state index contributed by atoms with van der Waals surface area (Å²) in [5.41, 5.74) is 4.78. The highest BCUT2D eigenvalue weighted by Gasteiger charge is 2.17. The van der Waals surface area contributed by atoms with E-state index in [1.807, 2.05) is 19.2 Å². The monoisotopic (exact) mass is 307 g/mol. The fraction of sp³-hybridized carbons (Fsp3) is 0.250. The quantitative estimate of drug-likeness (QED) is 0.911. The summed E-state index contributed by atoms with van der Waals surface area (Å²) < 4.78 is 5.46. The van der Waals surface area contributed by atoms with Crippen molar-refractivity contribution < 1.29 is 4.74 Å². The van der Waals surface area contributed by atoms with E-state index in [1.165, 1.54) is 16.7 Å². The van der Waals surface area contributed by atoms with Crippen molar-refractivity contribution in [2.75, 3.05) is 7.05 Å². The lowest BCUT2D eigenvalue weighted by molar-refractivity contribution is 0.134. The molecule has 0 bridgehead atoms. The Morgan fingerprint density at radius 1 is 0.950 bits per heavy atom. The molecule has 0 aromatic heterocycles. The van der Waals surface area contributed by atoms with Crippen molar-refractivity contribution in [1.82, 2.24) is 5.32 Å². The number of benzene rings is 2. The van der Waals surface area contributed by atoms with Crippen molar-refractivity contribution in [3.05, 3.63) is 68.7 Å². The molecule has 104 valence electrons. The summed E-state index contributed by atoms with van der Waals surface area (Å²) >= 11 is 12.2. The van der Waals surface area contributed by atoms with Crippen molar-refractivity contribution in [1.29, 1.82) is 0 Å². The molecule has 3 rings (SSSR count). The zero-order valence-electron chi connectivity index (χ0n) is 11.1. The summed E-state index contributed by atoms with van der Waals surface area (Å²) in [5.74, 6) is 0. The molecule has 0 radical (unpaired) electrons. The molecule has 0 amide bonds. The Kier molecular flexibility index (Phi) is 3.99. The third-order valence-corrected chi connectivity index (χ3v) is 4.02. The van der Waals surface area contributed by atoms with Crippen LogP contribution in [0.4, 0.5) is 0 Å². The van der Waals surface area contributed by atoms with Crippen LogP contribution in [0.2, 0.25) is 10.0 Å². The van der Waals surface area contributed by atoms with Gasteiger partial charge in [-0.1, -0.05) is 41.4 Å². The molecule has 1 aliphatic rings. The zero-order valence-corrected chi connectivity index (χ0v) is 12.6. The summed E-state index contributed by atoms with van der Waals surface area (Å²) in [6.45, 7) is 1.40. The molecule has 1 heterocycles.